The zero-order valence-corrected chi connectivity index (χ0v) is 14.9. The van der Waals surface area contributed by atoms with Crippen molar-refractivity contribution < 1.29 is 9.32 Å². The third-order valence-corrected chi connectivity index (χ3v) is 5.67. The van der Waals surface area contributed by atoms with Gasteiger partial charge < -0.3 is 9.42 Å². The molecule has 3 aromatic heterocycles. The fourth-order valence-corrected chi connectivity index (χ4v) is 3.93. The van der Waals surface area contributed by atoms with E-state index in [0.29, 0.717) is 30.5 Å². The van der Waals surface area contributed by atoms with Crippen LogP contribution in [0.1, 0.15) is 42.6 Å². The van der Waals surface area contributed by atoms with Gasteiger partial charge in [0.1, 0.15) is 0 Å². The summed E-state index contributed by atoms with van der Waals surface area (Å²) in [6.45, 7) is 1.40. The van der Waals surface area contributed by atoms with Crippen LogP contribution in [0.4, 0.5) is 0 Å². The normalized spacial score (nSPS) is 20.0. The van der Waals surface area contributed by atoms with Crippen molar-refractivity contribution in [3.8, 4) is 11.6 Å². The van der Waals surface area contributed by atoms with Crippen LogP contribution in [0.5, 0.6) is 0 Å². The Labute approximate surface area is 153 Å². The molecule has 3 aromatic rings. The van der Waals surface area contributed by atoms with Gasteiger partial charge in [0.25, 0.3) is 5.89 Å². The van der Waals surface area contributed by atoms with E-state index in [9.17, 15) is 4.79 Å². The Kier molecular flexibility index (Phi) is 3.81. The molecule has 26 heavy (non-hydrogen) atoms. The van der Waals surface area contributed by atoms with Crippen molar-refractivity contribution in [1.29, 1.82) is 0 Å². The summed E-state index contributed by atoms with van der Waals surface area (Å²) in [6, 6.07) is 2.13. The molecule has 1 saturated heterocycles. The molecular formula is C17H18N6O2S. The van der Waals surface area contributed by atoms with Gasteiger partial charge in [-0.25, -0.2) is 4.68 Å². The van der Waals surface area contributed by atoms with Gasteiger partial charge in [-0.05, 0) is 41.7 Å². The predicted molar refractivity (Wildman–Crippen MR) is 93.5 cm³/mol. The van der Waals surface area contributed by atoms with Gasteiger partial charge in [0.15, 0.2) is 11.5 Å². The molecule has 0 spiro atoms. The molecule has 0 unspecified atom stereocenters. The van der Waals surface area contributed by atoms with E-state index in [1.54, 1.807) is 11.3 Å². The van der Waals surface area contributed by atoms with Crippen LogP contribution in [0.25, 0.3) is 11.6 Å². The highest BCUT2D eigenvalue weighted by atomic mass is 32.1. The topological polar surface area (TPSA) is 89.9 Å². The number of likely N-dealkylation sites (tertiary alicyclic amines) is 1. The number of amides is 1. The minimum absolute atomic E-state index is 0.133. The van der Waals surface area contributed by atoms with Gasteiger partial charge in [0.05, 0.1) is 18.7 Å². The molecule has 0 aromatic carbocycles. The Morgan fingerprint density at radius 1 is 1.35 bits per heavy atom. The summed E-state index contributed by atoms with van der Waals surface area (Å²) in [4.78, 5) is 18.8. The first-order valence-corrected chi connectivity index (χ1v) is 9.75. The lowest BCUT2D eigenvalue weighted by molar-refractivity contribution is -0.129. The van der Waals surface area contributed by atoms with E-state index in [0.717, 1.165) is 37.2 Å². The molecule has 1 atom stereocenters. The summed E-state index contributed by atoms with van der Waals surface area (Å²) in [7, 11) is 0. The SMILES string of the molecule is O=C(Cc1ccsc1)N1CC[C@@H](n2cc(-c3nc(C4CC4)no3)nn2)C1. The minimum atomic E-state index is 0.133. The first-order chi connectivity index (χ1) is 12.8. The highest BCUT2D eigenvalue weighted by Gasteiger charge is 2.31. The van der Waals surface area contributed by atoms with E-state index in [-0.39, 0.29) is 11.9 Å². The molecule has 2 aliphatic rings. The van der Waals surface area contributed by atoms with Gasteiger partial charge in [-0.15, -0.1) is 5.10 Å². The monoisotopic (exact) mass is 370 g/mol. The fourth-order valence-electron chi connectivity index (χ4n) is 3.26. The summed E-state index contributed by atoms with van der Waals surface area (Å²) >= 11 is 1.62. The minimum Gasteiger partial charge on any atom is -0.340 e. The zero-order chi connectivity index (χ0) is 17.5. The molecule has 5 rings (SSSR count). The van der Waals surface area contributed by atoms with Gasteiger partial charge >= 0.3 is 0 Å². The summed E-state index contributed by atoms with van der Waals surface area (Å²) < 4.78 is 7.12. The van der Waals surface area contributed by atoms with Gasteiger partial charge in [-0.3, -0.25) is 4.79 Å². The number of nitrogens with zero attached hydrogens (tertiary/aromatic N) is 6. The second-order valence-electron chi connectivity index (χ2n) is 6.91. The van der Waals surface area contributed by atoms with Crippen LogP contribution in [-0.2, 0) is 11.2 Å². The number of carbonyl (C=O) groups excluding carboxylic acids is 1. The van der Waals surface area contributed by atoms with Crippen molar-refractivity contribution in [3.05, 3.63) is 34.4 Å². The molecule has 1 aliphatic heterocycles. The molecule has 0 N–H and O–H groups in total. The van der Waals surface area contributed by atoms with Crippen molar-refractivity contribution in [2.45, 2.75) is 37.6 Å². The third kappa shape index (κ3) is 3.03. The lowest BCUT2D eigenvalue weighted by Gasteiger charge is -2.16. The molecule has 1 saturated carbocycles. The van der Waals surface area contributed by atoms with Gasteiger partial charge in [0.2, 0.25) is 5.91 Å². The summed E-state index contributed by atoms with van der Waals surface area (Å²) in [5.74, 6) is 1.79. The maximum atomic E-state index is 12.4. The zero-order valence-electron chi connectivity index (χ0n) is 14.1. The van der Waals surface area contributed by atoms with Crippen LogP contribution in [-0.4, -0.2) is 49.0 Å². The van der Waals surface area contributed by atoms with Gasteiger partial charge in [-0.2, -0.15) is 16.3 Å². The lowest BCUT2D eigenvalue weighted by atomic mass is 10.2. The number of hydrogen-bond donors (Lipinski definition) is 0. The molecule has 0 bridgehead atoms. The Morgan fingerprint density at radius 2 is 2.27 bits per heavy atom. The van der Waals surface area contributed by atoms with Crippen LogP contribution in [0.3, 0.4) is 0 Å². The Bertz CT molecular complexity index is 913. The number of hydrogen-bond acceptors (Lipinski definition) is 7. The Morgan fingerprint density at radius 3 is 3.08 bits per heavy atom. The smallest absolute Gasteiger partial charge is 0.280 e. The molecule has 1 amide bonds. The largest absolute Gasteiger partial charge is 0.340 e. The van der Waals surface area contributed by atoms with Crippen molar-refractivity contribution in [3.63, 3.8) is 0 Å². The number of rotatable bonds is 5. The van der Waals surface area contributed by atoms with E-state index in [4.69, 9.17) is 4.52 Å². The number of carbonyl (C=O) groups is 1. The lowest BCUT2D eigenvalue weighted by Crippen LogP contribution is -2.30. The second kappa shape index (κ2) is 6.31. The molecule has 4 heterocycles. The molecule has 134 valence electrons. The van der Waals surface area contributed by atoms with Crippen molar-refractivity contribution in [2.75, 3.05) is 13.1 Å². The highest BCUT2D eigenvalue weighted by molar-refractivity contribution is 7.08. The average Bonchev–Trinajstić information content (AvgIpc) is 3.18. The summed E-state index contributed by atoms with van der Waals surface area (Å²) in [5.41, 5.74) is 1.67. The van der Waals surface area contributed by atoms with Crippen LogP contribution in [0.2, 0.25) is 0 Å². The molecule has 2 fully saturated rings. The Hall–Kier alpha value is -2.55. The van der Waals surface area contributed by atoms with Crippen LogP contribution in [0.15, 0.2) is 27.5 Å². The van der Waals surface area contributed by atoms with E-state index in [1.165, 1.54) is 0 Å². The standard InChI is InChI=1S/C17H18N6O2S/c24-15(7-11-4-6-26-10-11)22-5-3-13(8-22)23-9-14(19-21-23)17-18-16(20-25-17)12-1-2-12/h4,6,9-10,12-13H,1-3,5,7-8H2/t13-/m1/s1. The maximum absolute atomic E-state index is 12.4. The molecule has 1 aliphatic carbocycles. The van der Waals surface area contributed by atoms with Gasteiger partial charge in [-0.1, -0.05) is 10.4 Å². The van der Waals surface area contributed by atoms with E-state index in [1.807, 2.05) is 32.6 Å². The third-order valence-electron chi connectivity index (χ3n) is 4.94. The first kappa shape index (κ1) is 15.7. The Balaban J connectivity index is 1.24. The van der Waals surface area contributed by atoms with E-state index in [2.05, 4.69) is 20.5 Å². The molecule has 8 nitrogen and oxygen atoms in total. The first-order valence-electron chi connectivity index (χ1n) is 8.81. The maximum Gasteiger partial charge on any atom is 0.280 e. The van der Waals surface area contributed by atoms with E-state index >= 15 is 0 Å². The predicted octanol–water partition coefficient (Wildman–Crippen LogP) is 2.28. The molecule has 0 radical (unpaired) electrons. The highest BCUT2D eigenvalue weighted by Crippen LogP contribution is 2.38. The van der Waals surface area contributed by atoms with Crippen LogP contribution >= 0.6 is 11.3 Å². The van der Waals surface area contributed by atoms with Crippen LogP contribution in [0, 0.1) is 0 Å². The summed E-state index contributed by atoms with van der Waals surface area (Å²) in [6.07, 6.45) is 5.42. The van der Waals surface area contributed by atoms with Crippen LogP contribution < -0.4 is 0 Å². The average molecular weight is 370 g/mol. The summed E-state index contributed by atoms with van der Waals surface area (Å²) in [5, 5.41) is 16.4. The quantitative estimate of drug-likeness (QED) is 0.684. The van der Waals surface area contributed by atoms with Gasteiger partial charge in [0, 0.05) is 19.0 Å². The fraction of sp³-hybridized carbons (Fsp3) is 0.471. The molecule has 9 heteroatoms. The van der Waals surface area contributed by atoms with Crippen molar-refractivity contribution >= 4 is 17.2 Å². The second-order valence-corrected chi connectivity index (χ2v) is 7.69. The molecular weight excluding hydrogens is 352 g/mol. The number of thiophene rings is 1. The van der Waals surface area contributed by atoms with E-state index < -0.39 is 0 Å². The van der Waals surface area contributed by atoms with Crippen molar-refractivity contribution in [2.24, 2.45) is 0 Å². The van der Waals surface area contributed by atoms with Crippen molar-refractivity contribution in [1.82, 2.24) is 30.0 Å². The number of aromatic nitrogens is 5.